The maximum absolute atomic E-state index is 12.5. The van der Waals surface area contributed by atoms with E-state index in [-0.39, 0.29) is 5.91 Å². The van der Waals surface area contributed by atoms with Gasteiger partial charge in [0.05, 0.1) is 0 Å². The molecule has 146 valence electrons. The summed E-state index contributed by atoms with van der Waals surface area (Å²) in [6, 6.07) is 3.89. The molecule has 0 aliphatic carbocycles. The highest BCUT2D eigenvalue weighted by atomic mass is 16.5. The lowest BCUT2D eigenvalue weighted by Gasteiger charge is -2.30. The summed E-state index contributed by atoms with van der Waals surface area (Å²) in [6.45, 7) is 7.39. The van der Waals surface area contributed by atoms with Gasteiger partial charge in [-0.05, 0) is 42.5 Å². The van der Waals surface area contributed by atoms with E-state index in [1.54, 1.807) is 0 Å². The van der Waals surface area contributed by atoms with E-state index in [9.17, 15) is 4.79 Å². The summed E-state index contributed by atoms with van der Waals surface area (Å²) in [5, 5.41) is 4.23. The number of nitrogens with zero attached hydrogens (tertiary/aromatic N) is 5. The summed E-state index contributed by atoms with van der Waals surface area (Å²) < 4.78 is 7.46. The van der Waals surface area contributed by atoms with Crippen molar-refractivity contribution in [1.29, 1.82) is 0 Å². The summed E-state index contributed by atoms with van der Waals surface area (Å²) in [5.74, 6) is 1.60. The standard InChI is InChI=1S/C21H25N5O2/c1-13(2)10-18(27)26-9-7-16-15(12-26)11-22-14(3)19(16)20-23-21(28-24-20)17-6-5-8-25(17)4/h5-6,8,11,13H,7,9-10,12H2,1-4H3. The van der Waals surface area contributed by atoms with Crippen LogP contribution in [0.5, 0.6) is 0 Å². The van der Waals surface area contributed by atoms with Crippen LogP contribution < -0.4 is 0 Å². The van der Waals surface area contributed by atoms with Crippen molar-refractivity contribution in [3.63, 3.8) is 0 Å². The first kappa shape index (κ1) is 18.4. The number of amides is 1. The number of rotatable bonds is 4. The van der Waals surface area contributed by atoms with Crippen molar-refractivity contribution in [3.8, 4) is 23.0 Å². The van der Waals surface area contributed by atoms with Crippen LogP contribution in [-0.2, 0) is 24.8 Å². The van der Waals surface area contributed by atoms with Crippen LogP contribution in [0.4, 0.5) is 0 Å². The van der Waals surface area contributed by atoms with Gasteiger partial charge in [-0.15, -0.1) is 0 Å². The van der Waals surface area contributed by atoms with Gasteiger partial charge >= 0.3 is 0 Å². The first-order valence-electron chi connectivity index (χ1n) is 9.65. The molecule has 3 aromatic heterocycles. The number of aromatic nitrogens is 4. The molecule has 1 aliphatic rings. The number of hydrogen-bond donors (Lipinski definition) is 0. The van der Waals surface area contributed by atoms with E-state index in [2.05, 4.69) is 29.0 Å². The van der Waals surface area contributed by atoms with E-state index in [1.807, 2.05) is 48.0 Å². The Balaban J connectivity index is 1.67. The van der Waals surface area contributed by atoms with Crippen LogP contribution >= 0.6 is 0 Å². The molecule has 0 saturated heterocycles. The van der Waals surface area contributed by atoms with E-state index in [1.165, 1.54) is 5.56 Å². The maximum Gasteiger partial charge on any atom is 0.274 e. The Labute approximate surface area is 164 Å². The highest BCUT2D eigenvalue weighted by Crippen LogP contribution is 2.32. The molecule has 0 radical (unpaired) electrons. The molecular weight excluding hydrogens is 354 g/mol. The van der Waals surface area contributed by atoms with Crippen LogP contribution in [0.2, 0.25) is 0 Å². The third-order valence-electron chi connectivity index (χ3n) is 5.21. The molecular formula is C21H25N5O2. The minimum atomic E-state index is 0.202. The van der Waals surface area contributed by atoms with E-state index in [0.717, 1.165) is 28.9 Å². The predicted molar refractivity (Wildman–Crippen MR) is 105 cm³/mol. The van der Waals surface area contributed by atoms with Crippen LogP contribution in [0.3, 0.4) is 0 Å². The Bertz CT molecular complexity index is 1020. The minimum Gasteiger partial charge on any atom is -0.347 e. The average Bonchev–Trinajstić information content (AvgIpc) is 3.29. The summed E-state index contributed by atoms with van der Waals surface area (Å²) in [4.78, 5) is 23.6. The molecule has 7 heteroatoms. The smallest absolute Gasteiger partial charge is 0.274 e. The van der Waals surface area contributed by atoms with Crippen molar-refractivity contribution in [2.45, 2.75) is 40.2 Å². The topological polar surface area (TPSA) is 77.1 Å². The van der Waals surface area contributed by atoms with Crippen molar-refractivity contribution in [2.75, 3.05) is 6.54 Å². The first-order chi connectivity index (χ1) is 13.4. The molecule has 0 aromatic carbocycles. The molecule has 4 rings (SSSR count). The second-order valence-electron chi connectivity index (χ2n) is 7.81. The molecule has 0 fully saturated rings. The van der Waals surface area contributed by atoms with Gasteiger partial charge in [-0.25, -0.2) is 0 Å². The van der Waals surface area contributed by atoms with Gasteiger partial charge in [-0.1, -0.05) is 19.0 Å². The monoisotopic (exact) mass is 379 g/mol. The Morgan fingerprint density at radius 2 is 2.18 bits per heavy atom. The zero-order valence-electron chi connectivity index (χ0n) is 16.8. The lowest BCUT2D eigenvalue weighted by atomic mass is 9.94. The highest BCUT2D eigenvalue weighted by Gasteiger charge is 2.26. The van der Waals surface area contributed by atoms with Gasteiger partial charge in [0.1, 0.15) is 5.69 Å². The fraction of sp³-hybridized carbons (Fsp3) is 0.429. The number of aryl methyl sites for hydroxylation is 2. The summed E-state index contributed by atoms with van der Waals surface area (Å²) in [5.41, 5.74) is 4.91. The summed E-state index contributed by atoms with van der Waals surface area (Å²) >= 11 is 0. The summed E-state index contributed by atoms with van der Waals surface area (Å²) in [7, 11) is 1.94. The molecule has 1 amide bonds. The quantitative estimate of drug-likeness (QED) is 0.694. The molecule has 0 N–H and O–H groups in total. The van der Waals surface area contributed by atoms with Crippen molar-refractivity contribution < 1.29 is 9.32 Å². The molecule has 1 aliphatic heterocycles. The molecule has 0 spiro atoms. The third-order valence-corrected chi connectivity index (χ3v) is 5.21. The Hall–Kier alpha value is -2.96. The van der Waals surface area contributed by atoms with Crippen LogP contribution in [0, 0.1) is 12.8 Å². The maximum atomic E-state index is 12.5. The number of carbonyl (C=O) groups is 1. The molecule has 0 unspecified atom stereocenters. The first-order valence-corrected chi connectivity index (χ1v) is 9.65. The number of hydrogen-bond acceptors (Lipinski definition) is 5. The van der Waals surface area contributed by atoms with E-state index in [4.69, 9.17) is 4.52 Å². The number of carbonyl (C=O) groups excluding carboxylic acids is 1. The van der Waals surface area contributed by atoms with Crippen LogP contribution in [-0.4, -0.2) is 37.0 Å². The van der Waals surface area contributed by atoms with Crippen molar-refractivity contribution in [1.82, 2.24) is 24.6 Å². The van der Waals surface area contributed by atoms with Crippen LogP contribution in [0.1, 0.15) is 37.1 Å². The zero-order valence-corrected chi connectivity index (χ0v) is 16.8. The van der Waals surface area contributed by atoms with E-state index in [0.29, 0.717) is 37.1 Å². The number of fused-ring (bicyclic) bond motifs is 1. The highest BCUT2D eigenvalue weighted by molar-refractivity contribution is 5.77. The molecule has 0 saturated carbocycles. The predicted octanol–water partition coefficient (Wildman–Crippen LogP) is 3.38. The van der Waals surface area contributed by atoms with E-state index >= 15 is 0 Å². The molecule has 0 atom stereocenters. The fourth-order valence-corrected chi connectivity index (χ4v) is 3.75. The van der Waals surface area contributed by atoms with Gasteiger partial charge in [0.2, 0.25) is 11.7 Å². The second-order valence-corrected chi connectivity index (χ2v) is 7.81. The van der Waals surface area contributed by atoms with E-state index < -0.39 is 0 Å². The third kappa shape index (κ3) is 3.32. The van der Waals surface area contributed by atoms with Gasteiger partial charge in [0.15, 0.2) is 0 Å². The van der Waals surface area contributed by atoms with Gasteiger partial charge < -0.3 is 14.0 Å². The molecule has 7 nitrogen and oxygen atoms in total. The Morgan fingerprint density at radius 3 is 2.89 bits per heavy atom. The average molecular weight is 379 g/mol. The molecule has 3 aromatic rings. The van der Waals surface area contributed by atoms with Crippen LogP contribution in [0.15, 0.2) is 29.0 Å². The van der Waals surface area contributed by atoms with Crippen LogP contribution in [0.25, 0.3) is 23.0 Å². The van der Waals surface area contributed by atoms with Crippen molar-refractivity contribution in [3.05, 3.63) is 41.3 Å². The van der Waals surface area contributed by atoms with Gasteiger partial charge in [0.25, 0.3) is 5.89 Å². The number of pyridine rings is 1. The largest absolute Gasteiger partial charge is 0.347 e. The SMILES string of the molecule is Cc1ncc2c(c1-c1noc(-c3cccn3C)n1)CCN(C(=O)CC(C)C)C2. The zero-order chi connectivity index (χ0) is 19.8. The van der Waals surface area contributed by atoms with Gasteiger partial charge in [-0.2, -0.15) is 4.98 Å². The Kier molecular flexibility index (Phi) is 4.75. The molecule has 0 bridgehead atoms. The van der Waals surface area contributed by atoms with Gasteiger partial charge in [-0.3, -0.25) is 9.78 Å². The lowest BCUT2D eigenvalue weighted by molar-refractivity contribution is -0.132. The normalized spacial score (nSPS) is 13.8. The van der Waals surface area contributed by atoms with Crippen molar-refractivity contribution >= 4 is 5.91 Å². The Morgan fingerprint density at radius 1 is 1.36 bits per heavy atom. The minimum absolute atomic E-state index is 0.202. The lowest BCUT2D eigenvalue weighted by Crippen LogP contribution is -2.36. The van der Waals surface area contributed by atoms with Gasteiger partial charge in [0, 0.05) is 50.2 Å². The van der Waals surface area contributed by atoms with Crippen molar-refractivity contribution in [2.24, 2.45) is 13.0 Å². The fourth-order valence-electron chi connectivity index (χ4n) is 3.75. The second kappa shape index (κ2) is 7.22. The molecule has 4 heterocycles. The molecule has 28 heavy (non-hydrogen) atoms. The summed E-state index contributed by atoms with van der Waals surface area (Å²) in [6.07, 6.45) is 5.17.